The van der Waals surface area contributed by atoms with Crippen LogP contribution in [0.25, 0.3) is 0 Å². The van der Waals surface area contributed by atoms with Gasteiger partial charge in [0.2, 0.25) is 0 Å². The van der Waals surface area contributed by atoms with E-state index in [1.807, 2.05) is 13.8 Å². The molecule has 1 aliphatic carbocycles. The Balaban J connectivity index is 2.47. The van der Waals surface area contributed by atoms with Crippen molar-refractivity contribution in [3.05, 3.63) is 0 Å². The maximum absolute atomic E-state index is 12.2. The molecule has 1 aliphatic rings. The van der Waals surface area contributed by atoms with Crippen molar-refractivity contribution in [3.63, 3.8) is 0 Å². The molecule has 2 nitrogen and oxygen atoms in total. The van der Waals surface area contributed by atoms with E-state index in [-0.39, 0.29) is 16.9 Å². The van der Waals surface area contributed by atoms with Gasteiger partial charge in [0.05, 0.1) is 5.60 Å². The molecule has 0 radical (unpaired) electrons. The van der Waals surface area contributed by atoms with Gasteiger partial charge < -0.3 is 4.74 Å². The minimum absolute atomic E-state index is 0.168. The Bertz CT molecular complexity index is 253. The first-order chi connectivity index (χ1) is 7.28. The molecule has 0 bridgehead atoms. The molecule has 0 N–H and O–H groups in total. The number of carbonyl (C=O) groups is 1. The molecule has 0 saturated heterocycles. The fourth-order valence-electron chi connectivity index (χ4n) is 2.62. The SMILES string of the molecule is COC(C)(C)CCC(=O)C1CCCC1(C)C. The number of rotatable bonds is 5. The Hall–Kier alpha value is -0.370. The van der Waals surface area contributed by atoms with Crippen LogP contribution in [0.5, 0.6) is 0 Å². The highest BCUT2D eigenvalue weighted by molar-refractivity contribution is 5.82. The number of hydrogen-bond acceptors (Lipinski definition) is 2. The summed E-state index contributed by atoms with van der Waals surface area (Å²) in [5.74, 6) is 0.716. The van der Waals surface area contributed by atoms with Gasteiger partial charge >= 0.3 is 0 Å². The Morgan fingerprint density at radius 2 is 2.06 bits per heavy atom. The molecule has 0 amide bonds. The van der Waals surface area contributed by atoms with E-state index in [0.717, 1.165) is 12.8 Å². The number of Topliss-reactive ketones (excluding diaryl/α,β-unsaturated/α-hetero) is 1. The van der Waals surface area contributed by atoms with Gasteiger partial charge in [-0.2, -0.15) is 0 Å². The fraction of sp³-hybridized carbons (Fsp3) is 0.929. The van der Waals surface area contributed by atoms with E-state index in [1.165, 1.54) is 12.8 Å². The van der Waals surface area contributed by atoms with Gasteiger partial charge in [0.1, 0.15) is 5.78 Å². The van der Waals surface area contributed by atoms with E-state index < -0.39 is 0 Å². The van der Waals surface area contributed by atoms with E-state index in [2.05, 4.69) is 13.8 Å². The highest BCUT2D eigenvalue weighted by Crippen LogP contribution is 2.43. The van der Waals surface area contributed by atoms with Crippen LogP contribution in [-0.2, 0) is 9.53 Å². The molecule has 0 heterocycles. The van der Waals surface area contributed by atoms with Crippen molar-refractivity contribution >= 4 is 5.78 Å². The summed E-state index contributed by atoms with van der Waals surface area (Å²) in [6, 6.07) is 0. The molecule has 2 heteroatoms. The van der Waals surface area contributed by atoms with Gasteiger partial charge in [-0.1, -0.05) is 20.3 Å². The third-order valence-corrected chi connectivity index (χ3v) is 4.17. The predicted octanol–water partition coefficient (Wildman–Crippen LogP) is 3.59. The minimum atomic E-state index is -0.168. The summed E-state index contributed by atoms with van der Waals surface area (Å²) in [6.07, 6.45) is 4.97. The topological polar surface area (TPSA) is 26.3 Å². The molecular weight excluding hydrogens is 200 g/mol. The minimum Gasteiger partial charge on any atom is -0.379 e. The molecule has 0 aromatic heterocycles. The summed E-state index contributed by atoms with van der Waals surface area (Å²) >= 11 is 0. The fourth-order valence-corrected chi connectivity index (χ4v) is 2.62. The average Bonchev–Trinajstić information content (AvgIpc) is 2.55. The molecule has 94 valence electrons. The van der Waals surface area contributed by atoms with Gasteiger partial charge in [0.25, 0.3) is 0 Å². The zero-order chi connectivity index (χ0) is 12.4. The Morgan fingerprint density at radius 3 is 2.50 bits per heavy atom. The summed E-state index contributed by atoms with van der Waals surface area (Å²) < 4.78 is 5.35. The first kappa shape index (κ1) is 13.7. The molecule has 1 fully saturated rings. The zero-order valence-electron chi connectivity index (χ0n) is 11.4. The number of carbonyl (C=O) groups excluding carboxylic acids is 1. The first-order valence-electron chi connectivity index (χ1n) is 6.36. The second-order valence-corrected chi connectivity index (χ2v) is 6.36. The number of ether oxygens (including phenoxy) is 1. The van der Waals surface area contributed by atoms with Crippen LogP contribution in [0.3, 0.4) is 0 Å². The average molecular weight is 226 g/mol. The van der Waals surface area contributed by atoms with Gasteiger partial charge in [-0.3, -0.25) is 4.79 Å². The van der Waals surface area contributed by atoms with Gasteiger partial charge in [-0.25, -0.2) is 0 Å². The van der Waals surface area contributed by atoms with Crippen LogP contribution < -0.4 is 0 Å². The standard InChI is InChI=1S/C14H26O2/c1-13(2)9-6-7-11(13)12(15)8-10-14(3,4)16-5/h11H,6-10H2,1-5H3. The Morgan fingerprint density at radius 1 is 1.44 bits per heavy atom. The molecule has 0 aromatic rings. The van der Waals surface area contributed by atoms with E-state index >= 15 is 0 Å². The van der Waals surface area contributed by atoms with Crippen LogP contribution >= 0.6 is 0 Å². The molecule has 16 heavy (non-hydrogen) atoms. The van der Waals surface area contributed by atoms with Crippen LogP contribution in [0.2, 0.25) is 0 Å². The van der Waals surface area contributed by atoms with E-state index in [1.54, 1.807) is 7.11 Å². The lowest BCUT2D eigenvalue weighted by Gasteiger charge is -2.28. The van der Waals surface area contributed by atoms with E-state index in [0.29, 0.717) is 12.2 Å². The highest BCUT2D eigenvalue weighted by Gasteiger charge is 2.39. The van der Waals surface area contributed by atoms with Crippen LogP contribution in [-0.4, -0.2) is 18.5 Å². The predicted molar refractivity (Wildman–Crippen MR) is 66.5 cm³/mol. The van der Waals surface area contributed by atoms with Crippen LogP contribution in [0.15, 0.2) is 0 Å². The lowest BCUT2D eigenvalue weighted by atomic mass is 9.78. The van der Waals surface area contributed by atoms with E-state index in [4.69, 9.17) is 4.74 Å². The normalized spacial score (nSPS) is 24.7. The lowest BCUT2D eigenvalue weighted by Crippen LogP contribution is -2.29. The largest absolute Gasteiger partial charge is 0.379 e. The summed E-state index contributed by atoms with van der Waals surface area (Å²) in [5, 5.41) is 0. The molecule has 0 spiro atoms. The maximum Gasteiger partial charge on any atom is 0.136 e. The van der Waals surface area contributed by atoms with Crippen molar-refractivity contribution in [3.8, 4) is 0 Å². The summed E-state index contributed by atoms with van der Waals surface area (Å²) in [4.78, 5) is 12.2. The van der Waals surface area contributed by atoms with Crippen molar-refractivity contribution in [1.29, 1.82) is 0 Å². The van der Waals surface area contributed by atoms with Crippen molar-refractivity contribution < 1.29 is 9.53 Å². The Kier molecular flexibility index (Phi) is 4.17. The summed E-state index contributed by atoms with van der Waals surface area (Å²) in [5.41, 5.74) is 0.0483. The molecule has 1 atom stereocenters. The second kappa shape index (κ2) is 4.87. The summed E-state index contributed by atoms with van der Waals surface area (Å²) in [7, 11) is 1.71. The van der Waals surface area contributed by atoms with Crippen molar-refractivity contribution in [2.45, 2.75) is 65.4 Å². The molecular formula is C14H26O2. The molecule has 1 unspecified atom stereocenters. The zero-order valence-corrected chi connectivity index (χ0v) is 11.4. The first-order valence-corrected chi connectivity index (χ1v) is 6.36. The second-order valence-electron chi connectivity index (χ2n) is 6.36. The van der Waals surface area contributed by atoms with Crippen molar-refractivity contribution in [2.75, 3.05) is 7.11 Å². The van der Waals surface area contributed by atoms with Gasteiger partial charge in [-0.05, 0) is 38.5 Å². The monoisotopic (exact) mass is 226 g/mol. The molecule has 1 rings (SSSR count). The number of hydrogen-bond donors (Lipinski definition) is 0. The third kappa shape index (κ3) is 3.31. The van der Waals surface area contributed by atoms with E-state index in [9.17, 15) is 4.79 Å². The van der Waals surface area contributed by atoms with Crippen molar-refractivity contribution in [1.82, 2.24) is 0 Å². The van der Waals surface area contributed by atoms with Crippen LogP contribution in [0.1, 0.15) is 59.8 Å². The third-order valence-electron chi connectivity index (χ3n) is 4.17. The molecule has 1 saturated carbocycles. The van der Waals surface area contributed by atoms with Crippen LogP contribution in [0, 0.1) is 11.3 Å². The quantitative estimate of drug-likeness (QED) is 0.716. The van der Waals surface area contributed by atoms with Gasteiger partial charge in [0.15, 0.2) is 0 Å². The maximum atomic E-state index is 12.2. The lowest BCUT2D eigenvalue weighted by molar-refractivity contribution is -0.126. The van der Waals surface area contributed by atoms with Crippen LogP contribution in [0.4, 0.5) is 0 Å². The van der Waals surface area contributed by atoms with Gasteiger partial charge in [-0.15, -0.1) is 0 Å². The number of methoxy groups -OCH3 is 1. The molecule has 0 aliphatic heterocycles. The Labute approximate surface area is 99.8 Å². The highest BCUT2D eigenvalue weighted by atomic mass is 16.5. The smallest absolute Gasteiger partial charge is 0.136 e. The van der Waals surface area contributed by atoms with Gasteiger partial charge in [0, 0.05) is 19.4 Å². The molecule has 0 aromatic carbocycles. The number of ketones is 1. The summed E-state index contributed by atoms with van der Waals surface area (Å²) in [6.45, 7) is 8.54. The van der Waals surface area contributed by atoms with Crippen molar-refractivity contribution in [2.24, 2.45) is 11.3 Å².